The van der Waals surface area contributed by atoms with Crippen molar-refractivity contribution >= 4 is 30.3 Å². The maximum absolute atomic E-state index is 11.8. The molecule has 114 valence electrons. The summed E-state index contributed by atoms with van der Waals surface area (Å²) in [6.07, 6.45) is -0.537. The Labute approximate surface area is 128 Å². The molecule has 1 amide bonds. The number of benzene rings is 1. The quantitative estimate of drug-likeness (QED) is 0.859. The first kappa shape index (κ1) is 17.0. The molecule has 1 aliphatic heterocycles. The summed E-state index contributed by atoms with van der Waals surface area (Å²) in [7, 11) is 0. The summed E-state index contributed by atoms with van der Waals surface area (Å²) in [5.74, 6) is -2.69. The minimum absolute atomic E-state index is 0. The van der Waals surface area contributed by atoms with Crippen molar-refractivity contribution in [1.29, 1.82) is 0 Å². The van der Waals surface area contributed by atoms with E-state index in [1.165, 1.54) is 4.90 Å². The summed E-state index contributed by atoms with van der Waals surface area (Å²) < 4.78 is 5.11. The highest BCUT2D eigenvalue weighted by molar-refractivity contribution is 5.99. The van der Waals surface area contributed by atoms with Crippen LogP contribution in [0.1, 0.15) is 12.0 Å². The number of halogens is 1. The van der Waals surface area contributed by atoms with Gasteiger partial charge in [0, 0.05) is 19.5 Å². The van der Waals surface area contributed by atoms with Crippen molar-refractivity contribution < 1.29 is 24.2 Å². The lowest BCUT2D eigenvalue weighted by Gasteiger charge is -2.28. The van der Waals surface area contributed by atoms with Crippen LogP contribution in [0.2, 0.25) is 0 Å². The van der Waals surface area contributed by atoms with E-state index in [4.69, 9.17) is 9.84 Å². The van der Waals surface area contributed by atoms with E-state index < -0.39 is 18.0 Å². The summed E-state index contributed by atoms with van der Waals surface area (Å²) >= 11 is 0. The number of hydrogen-bond donors (Lipinski definition) is 1. The summed E-state index contributed by atoms with van der Waals surface area (Å²) in [6, 6.07) is 9.19. The number of ether oxygens (including phenoxy) is 1. The normalized spacial score (nSPS) is 17.8. The molecule has 0 spiro atoms. The van der Waals surface area contributed by atoms with E-state index in [0.29, 0.717) is 0 Å². The zero-order valence-corrected chi connectivity index (χ0v) is 12.0. The molecule has 1 N–H and O–H groups in total. The fraction of sp³-hybridized carbons (Fsp3) is 0.357. The van der Waals surface area contributed by atoms with E-state index >= 15 is 0 Å². The number of ketones is 1. The first-order chi connectivity index (χ1) is 9.58. The zero-order chi connectivity index (χ0) is 14.5. The van der Waals surface area contributed by atoms with Crippen molar-refractivity contribution in [3.8, 4) is 0 Å². The Balaban J connectivity index is 0.00000220. The van der Waals surface area contributed by atoms with Crippen molar-refractivity contribution in [3.05, 3.63) is 35.9 Å². The minimum Gasteiger partial charge on any atom is -0.481 e. The average Bonchev–Trinajstić information content (AvgIpc) is 2.46. The molecule has 7 heteroatoms. The van der Waals surface area contributed by atoms with Crippen LogP contribution in [0.3, 0.4) is 0 Å². The highest BCUT2D eigenvalue weighted by Crippen LogP contribution is 2.15. The SMILES string of the molecule is Cl.O=C(O)C1CN(C(=O)OCc2ccccc2)CCC1=O. The molecule has 1 saturated heterocycles. The molecule has 1 fully saturated rings. The minimum atomic E-state index is -1.20. The molecule has 6 nitrogen and oxygen atoms in total. The number of carbonyl (C=O) groups excluding carboxylic acids is 2. The Hall–Kier alpha value is -2.08. The van der Waals surface area contributed by atoms with Crippen molar-refractivity contribution in [3.63, 3.8) is 0 Å². The average molecular weight is 314 g/mol. The molecular weight excluding hydrogens is 298 g/mol. The zero-order valence-electron chi connectivity index (χ0n) is 11.2. The molecular formula is C14H16ClNO5. The van der Waals surface area contributed by atoms with Gasteiger partial charge < -0.3 is 14.7 Å². The van der Waals surface area contributed by atoms with Crippen LogP contribution >= 0.6 is 12.4 Å². The first-order valence-electron chi connectivity index (χ1n) is 6.29. The van der Waals surface area contributed by atoms with Gasteiger partial charge in [0.15, 0.2) is 5.78 Å². The lowest BCUT2D eigenvalue weighted by atomic mass is 9.97. The first-order valence-corrected chi connectivity index (χ1v) is 6.29. The predicted octanol–water partition coefficient (Wildman–Crippen LogP) is 1.72. The molecule has 1 unspecified atom stereocenters. The Bertz CT molecular complexity index is 519. The maximum Gasteiger partial charge on any atom is 0.410 e. The van der Waals surface area contributed by atoms with E-state index in [1.807, 2.05) is 30.3 Å². The number of rotatable bonds is 3. The van der Waals surface area contributed by atoms with Gasteiger partial charge in [-0.3, -0.25) is 9.59 Å². The predicted molar refractivity (Wildman–Crippen MR) is 76.2 cm³/mol. The monoisotopic (exact) mass is 313 g/mol. The van der Waals surface area contributed by atoms with Gasteiger partial charge in [0.2, 0.25) is 0 Å². The lowest BCUT2D eigenvalue weighted by Crippen LogP contribution is -2.47. The molecule has 1 aromatic rings. The number of carbonyl (C=O) groups is 3. The van der Waals surface area contributed by atoms with E-state index in [2.05, 4.69) is 0 Å². The number of amides is 1. The van der Waals surface area contributed by atoms with E-state index in [0.717, 1.165) is 5.56 Å². The van der Waals surface area contributed by atoms with Gasteiger partial charge in [0.05, 0.1) is 0 Å². The number of nitrogens with zero attached hydrogens (tertiary/aromatic N) is 1. The van der Waals surface area contributed by atoms with Crippen LogP contribution in [0.4, 0.5) is 4.79 Å². The van der Waals surface area contributed by atoms with Crippen molar-refractivity contribution in [2.75, 3.05) is 13.1 Å². The van der Waals surface area contributed by atoms with Gasteiger partial charge in [-0.15, -0.1) is 12.4 Å². The number of likely N-dealkylation sites (tertiary alicyclic amines) is 1. The molecule has 1 atom stereocenters. The van der Waals surface area contributed by atoms with Crippen molar-refractivity contribution in [2.45, 2.75) is 13.0 Å². The second-order valence-electron chi connectivity index (χ2n) is 4.59. The molecule has 0 bridgehead atoms. The largest absolute Gasteiger partial charge is 0.481 e. The highest BCUT2D eigenvalue weighted by Gasteiger charge is 2.35. The lowest BCUT2D eigenvalue weighted by molar-refractivity contribution is -0.148. The fourth-order valence-corrected chi connectivity index (χ4v) is 2.03. The van der Waals surface area contributed by atoms with E-state index in [1.54, 1.807) is 0 Å². The van der Waals surface area contributed by atoms with E-state index in [-0.39, 0.29) is 44.3 Å². The summed E-state index contributed by atoms with van der Waals surface area (Å²) in [6.45, 7) is 0.208. The smallest absolute Gasteiger partial charge is 0.410 e. The van der Waals surface area contributed by atoms with Gasteiger partial charge in [0.25, 0.3) is 0 Å². The third-order valence-electron chi connectivity index (χ3n) is 3.18. The van der Waals surface area contributed by atoms with Crippen molar-refractivity contribution in [1.82, 2.24) is 4.90 Å². The summed E-state index contributed by atoms with van der Waals surface area (Å²) in [4.78, 5) is 35.4. The van der Waals surface area contributed by atoms with Gasteiger partial charge in [-0.2, -0.15) is 0 Å². The Morgan fingerprint density at radius 3 is 2.57 bits per heavy atom. The fourth-order valence-electron chi connectivity index (χ4n) is 2.03. The van der Waals surface area contributed by atoms with Crippen LogP contribution in [0.5, 0.6) is 0 Å². The number of piperidine rings is 1. The Morgan fingerprint density at radius 1 is 1.29 bits per heavy atom. The number of Topliss-reactive ketones (excluding diaryl/α,β-unsaturated/α-hetero) is 1. The second kappa shape index (κ2) is 7.64. The van der Waals surface area contributed by atoms with Crippen LogP contribution in [0, 0.1) is 5.92 Å². The third-order valence-corrected chi connectivity index (χ3v) is 3.18. The number of hydrogen-bond acceptors (Lipinski definition) is 4. The molecule has 1 aromatic carbocycles. The Morgan fingerprint density at radius 2 is 1.95 bits per heavy atom. The molecule has 0 aliphatic carbocycles. The third kappa shape index (κ3) is 4.46. The molecule has 1 heterocycles. The molecule has 0 radical (unpaired) electrons. The van der Waals surface area contributed by atoms with Gasteiger partial charge in [-0.25, -0.2) is 4.79 Å². The number of aliphatic carboxylic acids is 1. The topological polar surface area (TPSA) is 83.9 Å². The number of carboxylic acid groups (broad SMARTS) is 1. The molecule has 21 heavy (non-hydrogen) atoms. The molecule has 0 aromatic heterocycles. The van der Waals surface area contributed by atoms with Crippen LogP contribution in [0.25, 0.3) is 0 Å². The van der Waals surface area contributed by atoms with Crippen LogP contribution in [-0.4, -0.2) is 40.9 Å². The van der Waals surface area contributed by atoms with Crippen LogP contribution in [-0.2, 0) is 20.9 Å². The molecule has 1 aliphatic rings. The second-order valence-corrected chi connectivity index (χ2v) is 4.59. The summed E-state index contributed by atoms with van der Waals surface area (Å²) in [5, 5.41) is 8.92. The van der Waals surface area contributed by atoms with Gasteiger partial charge >= 0.3 is 12.1 Å². The van der Waals surface area contributed by atoms with Gasteiger partial charge in [-0.05, 0) is 5.56 Å². The Kier molecular flexibility index (Phi) is 6.17. The van der Waals surface area contributed by atoms with Gasteiger partial charge in [0.1, 0.15) is 12.5 Å². The molecule has 2 rings (SSSR count). The standard InChI is InChI=1S/C14H15NO5.ClH/c16-12-6-7-15(8-11(12)13(17)18)14(19)20-9-10-4-2-1-3-5-10;/h1-5,11H,6-9H2,(H,17,18);1H. The molecule has 0 saturated carbocycles. The van der Waals surface area contributed by atoms with Gasteiger partial charge in [-0.1, -0.05) is 30.3 Å². The van der Waals surface area contributed by atoms with Crippen molar-refractivity contribution in [2.24, 2.45) is 5.92 Å². The highest BCUT2D eigenvalue weighted by atomic mass is 35.5. The van der Waals surface area contributed by atoms with Crippen LogP contribution in [0.15, 0.2) is 30.3 Å². The van der Waals surface area contributed by atoms with Crippen LogP contribution < -0.4 is 0 Å². The van der Waals surface area contributed by atoms with E-state index in [9.17, 15) is 14.4 Å². The maximum atomic E-state index is 11.8. The number of carboxylic acids is 1. The summed E-state index contributed by atoms with van der Waals surface area (Å²) in [5.41, 5.74) is 0.851.